The minimum Gasteiger partial charge on any atom is -0.329 e. The maximum atomic E-state index is 13.1. The van der Waals surface area contributed by atoms with Crippen LogP contribution in [-0.2, 0) is 4.79 Å². The van der Waals surface area contributed by atoms with E-state index in [1.807, 2.05) is 0 Å². The second-order valence-electron chi connectivity index (χ2n) is 5.16. The molecule has 3 nitrogen and oxygen atoms in total. The number of nitrogens with two attached hydrogens (primary N) is 1. The zero-order chi connectivity index (χ0) is 13.9. The molecule has 1 aliphatic rings. The van der Waals surface area contributed by atoms with Crippen molar-refractivity contribution in [3.63, 3.8) is 0 Å². The van der Waals surface area contributed by atoms with Crippen LogP contribution in [0.4, 0.5) is 14.5 Å². The number of carbonyl (C=O) groups is 1. The van der Waals surface area contributed by atoms with E-state index in [4.69, 9.17) is 5.73 Å². The average Bonchev–Trinajstić information content (AvgIpc) is 2.38. The Labute approximate surface area is 111 Å². The first-order valence-corrected chi connectivity index (χ1v) is 6.53. The van der Waals surface area contributed by atoms with Crippen molar-refractivity contribution in [2.45, 2.75) is 32.1 Å². The molecule has 1 amide bonds. The Morgan fingerprint density at radius 2 is 1.74 bits per heavy atom. The molecule has 0 bridgehead atoms. The van der Waals surface area contributed by atoms with Crippen LogP contribution in [0.15, 0.2) is 18.2 Å². The van der Waals surface area contributed by atoms with Crippen LogP contribution in [0.25, 0.3) is 0 Å². The summed E-state index contributed by atoms with van der Waals surface area (Å²) in [5.41, 5.74) is 5.29. The topological polar surface area (TPSA) is 55.1 Å². The number of hydrogen-bond donors (Lipinski definition) is 2. The molecule has 2 rings (SSSR count). The molecule has 19 heavy (non-hydrogen) atoms. The van der Waals surface area contributed by atoms with Crippen molar-refractivity contribution in [2.75, 3.05) is 11.9 Å². The van der Waals surface area contributed by atoms with Crippen LogP contribution in [0.1, 0.15) is 32.1 Å². The minimum atomic E-state index is -0.708. The molecule has 0 unspecified atom stereocenters. The van der Waals surface area contributed by atoms with Crippen LogP contribution >= 0.6 is 0 Å². The Morgan fingerprint density at radius 3 is 2.26 bits per heavy atom. The summed E-state index contributed by atoms with van der Waals surface area (Å²) in [5, 5.41) is 2.59. The fourth-order valence-corrected chi connectivity index (χ4v) is 2.64. The number of nitrogens with one attached hydrogen (secondary N) is 1. The van der Waals surface area contributed by atoms with Gasteiger partial charge in [-0.25, -0.2) is 8.78 Å². The molecule has 0 heterocycles. The Morgan fingerprint density at radius 1 is 1.16 bits per heavy atom. The monoisotopic (exact) mass is 268 g/mol. The molecule has 0 aliphatic heterocycles. The van der Waals surface area contributed by atoms with Crippen molar-refractivity contribution < 1.29 is 13.6 Å². The maximum Gasteiger partial charge on any atom is 0.231 e. The van der Waals surface area contributed by atoms with Crippen LogP contribution in [0.2, 0.25) is 0 Å². The predicted molar refractivity (Wildman–Crippen MR) is 69.6 cm³/mol. The SMILES string of the molecule is NCC1(C(=O)Nc2cc(F)cc(F)c2)CCCCC1. The van der Waals surface area contributed by atoms with Crippen molar-refractivity contribution >= 4 is 11.6 Å². The third-order valence-corrected chi connectivity index (χ3v) is 3.80. The summed E-state index contributed by atoms with van der Waals surface area (Å²) in [6.45, 7) is 0.261. The minimum absolute atomic E-state index is 0.140. The Bertz CT molecular complexity index is 450. The summed E-state index contributed by atoms with van der Waals surface area (Å²) in [6.07, 6.45) is 4.48. The van der Waals surface area contributed by atoms with Crippen molar-refractivity contribution in [1.82, 2.24) is 0 Å². The number of anilines is 1. The summed E-state index contributed by atoms with van der Waals surface area (Å²) in [6, 6.07) is 2.98. The van der Waals surface area contributed by atoms with Crippen molar-refractivity contribution in [3.05, 3.63) is 29.8 Å². The van der Waals surface area contributed by atoms with Gasteiger partial charge in [0.25, 0.3) is 0 Å². The van der Waals surface area contributed by atoms with E-state index in [1.165, 1.54) is 0 Å². The van der Waals surface area contributed by atoms with E-state index >= 15 is 0 Å². The molecule has 1 aromatic rings. The Hall–Kier alpha value is -1.49. The number of hydrogen-bond acceptors (Lipinski definition) is 2. The van der Waals surface area contributed by atoms with Crippen LogP contribution in [-0.4, -0.2) is 12.5 Å². The van der Waals surface area contributed by atoms with Gasteiger partial charge in [-0.2, -0.15) is 0 Å². The Kier molecular flexibility index (Phi) is 4.14. The molecule has 0 aromatic heterocycles. The Balaban J connectivity index is 2.14. The fraction of sp³-hybridized carbons (Fsp3) is 0.500. The van der Waals surface area contributed by atoms with E-state index < -0.39 is 17.0 Å². The molecule has 1 fully saturated rings. The molecule has 3 N–H and O–H groups in total. The van der Waals surface area contributed by atoms with Gasteiger partial charge in [0.1, 0.15) is 11.6 Å². The van der Waals surface area contributed by atoms with Crippen molar-refractivity contribution in [1.29, 1.82) is 0 Å². The van der Waals surface area contributed by atoms with Crippen molar-refractivity contribution in [2.24, 2.45) is 11.1 Å². The molecule has 1 saturated carbocycles. The molecule has 5 heteroatoms. The molecule has 1 aromatic carbocycles. The molecular formula is C14H18F2N2O. The van der Waals surface area contributed by atoms with Crippen LogP contribution in [0.5, 0.6) is 0 Å². The van der Waals surface area contributed by atoms with Crippen LogP contribution < -0.4 is 11.1 Å². The lowest BCUT2D eigenvalue weighted by Gasteiger charge is -2.34. The zero-order valence-electron chi connectivity index (χ0n) is 10.7. The number of carbonyl (C=O) groups excluding carboxylic acids is 1. The van der Waals surface area contributed by atoms with Crippen molar-refractivity contribution in [3.8, 4) is 0 Å². The summed E-state index contributed by atoms with van der Waals surface area (Å²) < 4.78 is 26.2. The van der Waals surface area contributed by atoms with Gasteiger partial charge in [-0.1, -0.05) is 19.3 Å². The van der Waals surface area contributed by atoms with E-state index in [9.17, 15) is 13.6 Å². The zero-order valence-corrected chi connectivity index (χ0v) is 10.7. The lowest BCUT2D eigenvalue weighted by Crippen LogP contribution is -2.43. The summed E-state index contributed by atoms with van der Waals surface area (Å²) in [4.78, 5) is 12.3. The molecule has 0 atom stereocenters. The summed E-state index contributed by atoms with van der Waals surface area (Å²) in [7, 11) is 0. The van der Waals surface area contributed by atoms with Gasteiger partial charge in [0.2, 0.25) is 5.91 Å². The van der Waals surface area contributed by atoms with E-state index in [0.717, 1.165) is 50.3 Å². The number of amides is 1. The highest BCUT2D eigenvalue weighted by Gasteiger charge is 2.38. The third-order valence-electron chi connectivity index (χ3n) is 3.80. The quantitative estimate of drug-likeness (QED) is 0.885. The predicted octanol–water partition coefficient (Wildman–Crippen LogP) is 2.81. The number of halogens is 2. The van der Waals surface area contributed by atoms with Gasteiger partial charge in [0, 0.05) is 18.3 Å². The van der Waals surface area contributed by atoms with Gasteiger partial charge in [0.05, 0.1) is 5.41 Å². The van der Waals surface area contributed by atoms with Gasteiger partial charge < -0.3 is 11.1 Å². The largest absolute Gasteiger partial charge is 0.329 e. The molecule has 0 radical (unpaired) electrons. The van der Waals surface area contributed by atoms with Crippen LogP contribution in [0.3, 0.4) is 0 Å². The normalized spacial score (nSPS) is 18.1. The molecule has 104 valence electrons. The third kappa shape index (κ3) is 3.10. The first kappa shape index (κ1) is 13.9. The molecule has 0 saturated heterocycles. The summed E-state index contributed by atoms with van der Waals surface area (Å²) in [5.74, 6) is -1.65. The second kappa shape index (κ2) is 5.65. The smallest absolute Gasteiger partial charge is 0.231 e. The highest BCUT2D eigenvalue weighted by Crippen LogP contribution is 2.36. The summed E-state index contributed by atoms with van der Waals surface area (Å²) >= 11 is 0. The second-order valence-corrected chi connectivity index (χ2v) is 5.16. The standard InChI is InChI=1S/C14H18F2N2O/c15-10-6-11(16)8-12(7-10)18-13(19)14(9-17)4-2-1-3-5-14/h6-8H,1-5,9,17H2,(H,18,19). The van der Waals surface area contributed by atoms with Gasteiger partial charge in [-0.3, -0.25) is 4.79 Å². The van der Waals surface area contributed by atoms with E-state index in [-0.39, 0.29) is 18.1 Å². The lowest BCUT2D eigenvalue weighted by atomic mass is 9.73. The van der Waals surface area contributed by atoms with Crippen LogP contribution in [0, 0.1) is 17.0 Å². The average molecular weight is 268 g/mol. The van der Waals surface area contributed by atoms with E-state index in [0.29, 0.717) is 0 Å². The first-order valence-electron chi connectivity index (χ1n) is 6.53. The van der Waals surface area contributed by atoms with Gasteiger partial charge in [-0.15, -0.1) is 0 Å². The highest BCUT2D eigenvalue weighted by molar-refractivity contribution is 5.95. The van der Waals surface area contributed by atoms with Gasteiger partial charge in [-0.05, 0) is 25.0 Å². The maximum absolute atomic E-state index is 13.1. The fourth-order valence-electron chi connectivity index (χ4n) is 2.64. The number of rotatable bonds is 3. The van der Waals surface area contributed by atoms with E-state index in [1.54, 1.807) is 0 Å². The molecular weight excluding hydrogens is 250 g/mol. The molecule has 1 aliphatic carbocycles. The molecule has 0 spiro atoms. The lowest BCUT2D eigenvalue weighted by molar-refractivity contribution is -0.126. The van der Waals surface area contributed by atoms with E-state index in [2.05, 4.69) is 5.32 Å². The highest BCUT2D eigenvalue weighted by atomic mass is 19.1. The first-order chi connectivity index (χ1) is 9.05. The number of benzene rings is 1. The van der Waals surface area contributed by atoms with Gasteiger partial charge in [0.15, 0.2) is 0 Å². The van der Waals surface area contributed by atoms with Gasteiger partial charge >= 0.3 is 0 Å².